The first-order chi connectivity index (χ1) is 15.0. The van der Waals surface area contributed by atoms with Crippen LogP contribution in [0.15, 0.2) is 55.1 Å². The Kier molecular flexibility index (Phi) is 4.21. The zero-order chi connectivity index (χ0) is 21.6. The van der Waals surface area contributed by atoms with E-state index < -0.39 is 17.5 Å². The number of hydrogen-bond donors (Lipinski definition) is 2. The van der Waals surface area contributed by atoms with Crippen LogP contribution in [0.2, 0.25) is 0 Å². The van der Waals surface area contributed by atoms with Crippen LogP contribution in [0.3, 0.4) is 0 Å². The highest BCUT2D eigenvalue weighted by Crippen LogP contribution is 2.32. The van der Waals surface area contributed by atoms with Crippen LogP contribution in [0.5, 0.6) is 5.75 Å². The van der Waals surface area contributed by atoms with Gasteiger partial charge in [0.25, 0.3) is 11.8 Å². The number of rotatable bonds is 5. The number of nitrogens with one attached hydrogen (secondary N) is 2. The maximum Gasteiger partial charge on any atom is 0.322 e. The summed E-state index contributed by atoms with van der Waals surface area (Å²) in [5.41, 5.74) is 1.27. The summed E-state index contributed by atoms with van der Waals surface area (Å²) in [6, 6.07) is 11.7. The summed E-state index contributed by atoms with van der Waals surface area (Å²) in [6.07, 6.45) is 2.98. The lowest BCUT2D eigenvalue weighted by atomic mass is 9.89. The predicted molar refractivity (Wildman–Crippen MR) is 107 cm³/mol. The molecule has 10 nitrogen and oxygen atoms in total. The maximum absolute atomic E-state index is 13.0. The number of imide groups is 1. The highest BCUT2D eigenvalue weighted by Gasteiger charge is 2.50. The Balaban J connectivity index is 1.48. The third kappa shape index (κ3) is 3.00. The second-order valence-electron chi connectivity index (χ2n) is 7.38. The third-order valence-corrected chi connectivity index (χ3v) is 5.61. The Morgan fingerprint density at radius 3 is 2.58 bits per heavy atom. The van der Waals surface area contributed by atoms with Gasteiger partial charge in [0, 0.05) is 12.1 Å². The van der Waals surface area contributed by atoms with E-state index in [1.165, 1.54) is 13.4 Å². The molecule has 1 aromatic heterocycles. The van der Waals surface area contributed by atoms with E-state index in [2.05, 4.69) is 20.7 Å². The number of aromatic nitrogens is 3. The number of benzene rings is 2. The summed E-state index contributed by atoms with van der Waals surface area (Å²) in [6.45, 7) is 0.323. The summed E-state index contributed by atoms with van der Waals surface area (Å²) < 4.78 is 6.80. The van der Waals surface area contributed by atoms with Crippen LogP contribution < -0.4 is 15.4 Å². The SMILES string of the molecule is COc1ccc2c(c1)C(=O)N(C[C@@]1(c3ccc(-n4cncn4)cc3)NC(=O)NC1=O)C2. The van der Waals surface area contributed by atoms with Gasteiger partial charge in [0.2, 0.25) is 0 Å². The zero-order valence-corrected chi connectivity index (χ0v) is 16.5. The number of hydrogen-bond acceptors (Lipinski definition) is 6. The van der Waals surface area contributed by atoms with Gasteiger partial charge in [-0.25, -0.2) is 14.5 Å². The molecule has 0 aliphatic carbocycles. The van der Waals surface area contributed by atoms with Crippen LogP contribution in [0, 0.1) is 0 Å². The molecule has 0 unspecified atom stereocenters. The van der Waals surface area contributed by atoms with Gasteiger partial charge in [-0.2, -0.15) is 5.10 Å². The number of carbonyl (C=O) groups excluding carboxylic acids is 3. The number of carbonyl (C=O) groups is 3. The van der Waals surface area contributed by atoms with Crippen molar-refractivity contribution >= 4 is 17.8 Å². The van der Waals surface area contributed by atoms with Crippen molar-refractivity contribution < 1.29 is 19.1 Å². The van der Waals surface area contributed by atoms with Crippen LogP contribution in [-0.2, 0) is 16.9 Å². The molecule has 156 valence electrons. The van der Waals surface area contributed by atoms with E-state index in [4.69, 9.17) is 4.74 Å². The Morgan fingerprint density at radius 1 is 1.13 bits per heavy atom. The van der Waals surface area contributed by atoms with E-state index in [0.29, 0.717) is 23.4 Å². The molecule has 1 saturated heterocycles. The van der Waals surface area contributed by atoms with Crippen molar-refractivity contribution in [3.8, 4) is 11.4 Å². The van der Waals surface area contributed by atoms with Crippen molar-refractivity contribution in [3.63, 3.8) is 0 Å². The number of ether oxygens (including phenoxy) is 1. The van der Waals surface area contributed by atoms with Crippen molar-refractivity contribution in [1.82, 2.24) is 30.3 Å². The standard InChI is InChI=1S/C21H18N6O4/c1-31-16-7-2-13-9-26(18(28)17(13)8-16)10-21(19(29)24-20(30)25-21)14-3-5-15(6-4-14)27-12-22-11-23-27/h2-8,11-12H,9-10H2,1H3,(H2,24,25,29,30)/t21-/m0/s1. The molecule has 0 spiro atoms. The summed E-state index contributed by atoms with van der Waals surface area (Å²) in [5, 5.41) is 9.12. The molecule has 4 amide bonds. The number of nitrogens with zero attached hydrogens (tertiary/aromatic N) is 4. The fraction of sp³-hybridized carbons (Fsp3) is 0.190. The largest absolute Gasteiger partial charge is 0.497 e. The first-order valence-corrected chi connectivity index (χ1v) is 9.55. The molecule has 0 saturated carbocycles. The average Bonchev–Trinajstić information content (AvgIpc) is 3.48. The summed E-state index contributed by atoms with van der Waals surface area (Å²) >= 11 is 0. The van der Waals surface area contributed by atoms with Gasteiger partial charge < -0.3 is 15.0 Å². The second-order valence-corrected chi connectivity index (χ2v) is 7.38. The first-order valence-electron chi connectivity index (χ1n) is 9.55. The van der Waals surface area contributed by atoms with Crippen LogP contribution in [0.1, 0.15) is 21.5 Å². The molecule has 2 N–H and O–H groups in total. The molecule has 2 aliphatic heterocycles. The van der Waals surface area contributed by atoms with E-state index in [-0.39, 0.29) is 12.5 Å². The highest BCUT2D eigenvalue weighted by atomic mass is 16.5. The summed E-state index contributed by atoms with van der Waals surface area (Å²) in [7, 11) is 1.54. The molecular weight excluding hydrogens is 400 g/mol. The lowest BCUT2D eigenvalue weighted by Crippen LogP contribution is -2.52. The highest BCUT2D eigenvalue weighted by molar-refractivity contribution is 6.08. The van der Waals surface area contributed by atoms with E-state index in [1.807, 2.05) is 6.07 Å². The molecule has 0 bridgehead atoms. The fourth-order valence-corrected chi connectivity index (χ4v) is 4.02. The Morgan fingerprint density at radius 2 is 1.94 bits per heavy atom. The van der Waals surface area contributed by atoms with Crippen molar-refractivity contribution in [2.24, 2.45) is 0 Å². The Bertz CT molecular complexity index is 1190. The van der Waals surface area contributed by atoms with Crippen LogP contribution in [-0.4, -0.2) is 51.2 Å². The molecular formula is C21H18N6O4. The smallest absolute Gasteiger partial charge is 0.322 e. The van der Waals surface area contributed by atoms with E-state index in [9.17, 15) is 14.4 Å². The van der Waals surface area contributed by atoms with Crippen molar-refractivity contribution in [1.29, 1.82) is 0 Å². The topological polar surface area (TPSA) is 118 Å². The first kappa shape index (κ1) is 18.8. The van der Waals surface area contributed by atoms with Gasteiger partial charge in [0.05, 0.1) is 19.3 Å². The van der Waals surface area contributed by atoms with Crippen molar-refractivity contribution in [2.75, 3.05) is 13.7 Å². The van der Waals surface area contributed by atoms with Gasteiger partial charge in [0.15, 0.2) is 5.54 Å². The van der Waals surface area contributed by atoms with Gasteiger partial charge in [0.1, 0.15) is 18.4 Å². The summed E-state index contributed by atoms with van der Waals surface area (Å²) in [4.78, 5) is 43.5. The minimum Gasteiger partial charge on any atom is -0.497 e. The second kappa shape index (κ2) is 6.94. The number of urea groups is 1. The van der Waals surface area contributed by atoms with Crippen LogP contribution in [0.4, 0.5) is 4.79 Å². The average molecular weight is 418 g/mol. The van der Waals surface area contributed by atoms with Crippen molar-refractivity contribution in [3.05, 3.63) is 71.8 Å². The quantitative estimate of drug-likeness (QED) is 0.596. The zero-order valence-electron chi connectivity index (χ0n) is 16.5. The molecule has 2 aromatic carbocycles. The lowest BCUT2D eigenvalue weighted by Gasteiger charge is -2.31. The molecule has 1 fully saturated rings. The summed E-state index contributed by atoms with van der Waals surface area (Å²) in [5.74, 6) is -0.145. The van der Waals surface area contributed by atoms with Crippen LogP contribution in [0.25, 0.3) is 5.69 Å². The van der Waals surface area contributed by atoms with E-state index in [1.54, 1.807) is 52.3 Å². The Labute approximate surface area is 176 Å². The predicted octanol–water partition coefficient (Wildman–Crippen LogP) is 0.967. The van der Waals surface area contributed by atoms with E-state index >= 15 is 0 Å². The van der Waals surface area contributed by atoms with Gasteiger partial charge >= 0.3 is 6.03 Å². The molecule has 2 aliphatic rings. The molecule has 3 heterocycles. The molecule has 31 heavy (non-hydrogen) atoms. The van der Waals surface area contributed by atoms with Gasteiger partial charge in [-0.3, -0.25) is 14.9 Å². The number of fused-ring (bicyclic) bond motifs is 1. The molecule has 5 rings (SSSR count). The molecule has 10 heteroatoms. The fourth-order valence-electron chi connectivity index (χ4n) is 4.02. The van der Waals surface area contributed by atoms with Crippen molar-refractivity contribution in [2.45, 2.75) is 12.1 Å². The van der Waals surface area contributed by atoms with Gasteiger partial charge in [-0.15, -0.1) is 0 Å². The minimum atomic E-state index is -1.40. The minimum absolute atomic E-state index is 0.0108. The van der Waals surface area contributed by atoms with E-state index in [0.717, 1.165) is 11.3 Å². The monoisotopic (exact) mass is 418 g/mol. The maximum atomic E-state index is 13.0. The normalized spacial score (nSPS) is 19.9. The number of amides is 4. The molecule has 0 radical (unpaired) electrons. The molecule has 3 aromatic rings. The number of methoxy groups -OCH3 is 1. The lowest BCUT2D eigenvalue weighted by molar-refractivity contribution is -0.124. The van der Waals surface area contributed by atoms with Crippen LogP contribution >= 0.6 is 0 Å². The Hall–Kier alpha value is -4.21. The molecule has 1 atom stereocenters. The van der Waals surface area contributed by atoms with Gasteiger partial charge in [-0.05, 0) is 35.4 Å². The van der Waals surface area contributed by atoms with Gasteiger partial charge in [-0.1, -0.05) is 18.2 Å². The third-order valence-electron chi connectivity index (χ3n) is 5.61.